The van der Waals surface area contributed by atoms with Gasteiger partial charge < -0.3 is 10.0 Å². The van der Waals surface area contributed by atoms with E-state index in [0.29, 0.717) is 13.1 Å². The van der Waals surface area contributed by atoms with E-state index in [1.54, 1.807) is 4.90 Å². The maximum Gasteiger partial charge on any atom is 0.225 e. The molecule has 86 valence electrons. The zero-order chi connectivity index (χ0) is 11.7. The maximum absolute atomic E-state index is 11.5. The Bertz CT molecular complexity index is 422. The minimum absolute atomic E-state index is 0.0133. The van der Waals surface area contributed by atoms with Crippen LogP contribution >= 0.6 is 31.9 Å². The van der Waals surface area contributed by atoms with Gasteiger partial charge in [-0.2, -0.15) is 0 Å². The lowest BCUT2D eigenvalue weighted by Crippen LogP contribution is -2.25. The van der Waals surface area contributed by atoms with E-state index in [2.05, 4.69) is 31.9 Å². The Balaban J connectivity index is 2.15. The summed E-state index contributed by atoms with van der Waals surface area (Å²) in [5.41, 5.74) is 1.04. The molecule has 0 bridgehead atoms. The number of rotatable bonds is 2. The third-order valence-electron chi connectivity index (χ3n) is 2.56. The molecule has 1 fully saturated rings. The van der Waals surface area contributed by atoms with Crippen molar-refractivity contribution < 1.29 is 9.90 Å². The van der Waals surface area contributed by atoms with Gasteiger partial charge in [0.15, 0.2) is 0 Å². The molecular formula is C11H11Br2NO2. The van der Waals surface area contributed by atoms with E-state index in [-0.39, 0.29) is 12.3 Å². The van der Waals surface area contributed by atoms with Gasteiger partial charge in [-0.15, -0.1) is 0 Å². The second-order valence-corrected chi connectivity index (χ2v) is 5.64. The van der Waals surface area contributed by atoms with Crippen LogP contribution in [0.25, 0.3) is 0 Å². The van der Waals surface area contributed by atoms with Crippen LogP contribution in [0.5, 0.6) is 0 Å². The van der Waals surface area contributed by atoms with Crippen molar-refractivity contribution in [2.24, 2.45) is 0 Å². The first-order valence-corrected chi connectivity index (χ1v) is 6.54. The molecule has 0 saturated carbocycles. The van der Waals surface area contributed by atoms with Crippen molar-refractivity contribution in [2.75, 3.05) is 6.54 Å². The normalized spacial score (nSPS) is 20.6. The van der Waals surface area contributed by atoms with E-state index >= 15 is 0 Å². The number of hydrogen-bond acceptors (Lipinski definition) is 2. The van der Waals surface area contributed by atoms with Crippen molar-refractivity contribution in [3.8, 4) is 0 Å². The van der Waals surface area contributed by atoms with E-state index in [9.17, 15) is 9.90 Å². The number of aliphatic hydroxyl groups excluding tert-OH is 1. The monoisotopic (exact) mass is 347 g/mol. The van der Waals surface area contributed by atoms with Gasteiger partial charge in [-0.05, 0) is 23.8 Å². The van der Waals surface area contributed by atoms with Crippen LogP contribution in [0.4, 0.5) is 0 Å². The Morgan fingerprint density at radius 1 is 1.44 bits per heavy atom. The second kappa shape index (κ2) is 4.85. The molecule has 3 nitrogen and oxygen atoms in total. The number of β-amino-alcohol motifs (C(OH)–C–C–N with tert-alkyl or cyclic N) is 1. The summed E-state index contributed by atoms with van der Waals surface area (Å²) in [7, 11) is 0. The number of hydrogen-bond donors (Lipinski definition) is 1. The number of halogens is 2. The van der Waals surface area contributed by atoms with Crippen LogP contribution in [0.3, 0.4) is 0 Å². The number of carbonyl (C=O) groups excluding carboxylic acids is 1. The summed E-state index contributed by atoms with van der Waals surface area (Å²) >= 11 is 6.85. The SMILES string of the molecule is O=C1CC(O)CN1Cc1cc(Br)ccc1Br. The summed E-state index contributed by atoms with van der Waals surface area (Å²) in [5.74, 6) is 0.0133. The summed E-state index contributed by atoms with van der Waals surface area (Å²) in [6.45, 7) is 0.966. The Kier molecular flexibility index (Phi) is 3.66. The Hall–Kier alpha value is -0.390. The molecule has 1 N–H and O–H groups in total. The van der Waals surface area contributed by atoms with Crippen molar-refractivity contribution in [2.45, 2.75) is 19.1 Å². The Labute approximate surface area is 111 Å². The van der Waals surface area contributed by atoms with Crippen molar-refractivity contribution >= 4 is 37.8 Å². The molecule has 1 atom stereocenters. The predicted molar refractivity (Wildman–Crippen MR) is 67.9 cm³/mol. The van der Waals surface area contributed by atoms with Crippen LogP contribution in [0, 0.1) is 0 Å². The Morgan fingerprint density at radius 3 is 2.81 bits per heavy atom. The zero-order valence-electron chi connectivity index (χ0n) is 8.49. The number of benzene rings is 1. The van der Waals surface area contributed by atoms with E-state index in [1.165, 1.54) is 0 Å². The molecule has 2 rings (SSSR count). The fourth-order valence-electron chi connectivity index (χ4n) is 1.77. The number of aliphatic hydroxyl groups is 1. The lowest BCUT2D eigenvalue weighted by Gasteiger charge is -2.16. The molecule has 1 aromatic carbocycles. The summed E-state index contributed by atoms with van der Waals surface area (Å²) in [4.78, 5) is 13.2. The highest BCUT2D eigenvalue weighted by Crippen LogP contribution is 2.24. The van der Waals surface area contributed by atoms with Crippen LogP contribution in [0.2, 0.25) is 0 Å². The van der Waals surface area contributed by atoms with Crippen LogP contribution < -0.4 is 0 Å². The summed E-state index contributed by atoms with van der Waals surface area (Å²) in [5, 5.41) is 9.39. The molecule has 1 saturated heterocycles. The average Bonchev–Trinajstić information content (AvgIpc) is 2.51. The number of likely N-dealkylation sites (tertiary alicyclic amines) is 1. The summed E-state index contributed by atoms with van der Waals surface area (Å²) in [6.07, 6.45) is -0.274. The molecule has 1 aliphatic heterocycles. The number of nitrogens with zero attached hydrogens (tertiary/aromatic N) is 1. The molecule has 0 radical (unpaired) electrons. The molecule has 1 aromatic rings. The molecule has 1 amide bonds. The zero-order valence-corrected chi connectivity index (χ0v) is 11.7. The highest BCUT2D eigenvalue weighted by Gasteiger charge is 2.28. The van der Waals surface area contributed by atoms with Crippen LogP contribution in [0.15, 0.2) is 27.1 Å². The van der Waals surface area contributed by atoms with Gasteiger partial charge in [-0.25, -0.2) is 0 Å². The van der Waals surface area contributed by atoms with Crippen molar-refractivity contribution in [3.63, 3.8) is 0 Å². The van der Waals surface area contributed by atoms with Gasteiger partial charge in [0.2, 0.25) is 5.91 Å². The number of carbonyl (C=O) groups is 1. The summed E-state index contributed by atoms with van der Waals surface area (Å²) < 4.78 is 1.96. The molecule has 1 heterocycles. The molecule has 0 aliphatic carbocycles. The predicted octanol–water partition coefficient (Wildman–Crippen LogP) is 2.30. The third kappa shape index (κ3) is 2.64. The van der Waals surface area contributed by atoms with Gasteiger partial charge >= 0.3 is 0 Å². The first-order chi connectivity index (χ1) is 7.56. The van der Waals surface area contributed by atoms with E-state index in [4.69, 9.17) is 0 Å². The average molecular weight is 349 g/mol. The molecule has 5 heteroatoms. The topological polar surface area (TPSA) is 40.5 Å². The quantitative estimate of drug-likeness (QED) is 0.890. The highest BCUT2D eigenvalue weighted by molar-refractivity contribution is 9.11. The van der Waals surface area contributed by atoms with Crippen molar-refractivity contribution in [3.05, 3.63) is 32.7 Å². The first-order valence-electron chi connectivity index (χ1n) is 4.96. The fraction of sp³-hybridized carbons (Fsp3) is 0.364. The van der Waals surface area contributed by atoms with Crippen molar-refractivity contribution in [1.82, 2.24) is 4.90 Å². The van der Waals surface area contributed by atoms with Crippen LogP contribution in [-0.2, 0) is 11.3 Å². The van der Waals surface area contributed by atoms with Gasteiger partial charge in [0, 0.05) is 22.0 Å². The lowest BCUT2D eigenvalue weighted by molar-refractivity contribution is -0.128. The maximum atomic E-state index is 11.5. The molecule has 16 heavy (non-hydrogen) atoms. The minimum Gasteiger partial charge on any atom is -0.391 e. The molecule has 1 unspecified atom stereocenters. The smallest absolute Gasteiger partial charge is 0.225 e. The fourth-order valence-corrected chi connectivity index (χ4v) is 2.55. The van der Waals surface area contributed by atoms with Gasteiger partial charge in [-0.1, -0.05) is 31.9 Å². The van der Waals surface area contributed by atoms with Crippen LogP contribution in [0.1, 0.15) is 12.0 Å². The molecule has 0 spiro atoms. The second-order valence-electron chi connectivity index (χ2n) is 3.87. The summed E-state index contributed by atoms with van der Waals surface area (Å²) in [6, 6.07) is 5.85. The third-order valence-corrected chi connectivity index (χ3v) is 3.83. The van der Waals surface area contributed by atoms with E-state index < -0.39 is 6.10 Å². The van der Waals surface area contributed by atoms with Gasteiger partial charge in [0.25, 0.3) is 0 Å². The minimum atomic E-state index is -0.515. The van der Waals surface area contributed by atoms with E-state index in [0.717, 1.165) is 14.5 Å². The molecule has 0 aromatic heterocycles. The highest BCUT2D eigenvalue weighted by atomic mass is 79.9. The van der Waals surface area contributed by atoms with Gasteiger partial charge in [0.05, 0.1) is 12.5 Å². The van der Waals surface area contributed by atoms with Gasteiger partial charge in [-0.3, -0.25) is 4.79 Å². The number of amides is 1. The lowest BCUT2D eigenvalue weighted by atomic mass is 10.2. The van der Waals surface area contributed by atoms with Crippen LogP contribution in [-0.4, -0.2) is 28.6 Å². The van der Waals surface area contributed by atoms with E-state index in [1.807, 2.05) is 18.2 Å². The molecule has 1 aliphatic rings. The van der Waals surface area contributed by atoms with Gasteiger partial charge in [0.1, 0.15) is 0 Å². The first kappa shape index (κ1) is 12.1. The Morgan fingerprint density at radius 2 is 2.19 bits per heavy atom. The largest absolute Gasteiger partial charge is 0.391 e. The van der Waals surface area contributed by atoms with Crippen molar-refractivity contribution in [1.29, 1.82) is 0 Å². The standard InChI is InChI=1S/C11H11Br2NO2/c12-8-1-2-10(13)7(3-8)5-14-6-9(15)4-11(14)16/h1-3,9,15H,4-6H2. The molecular weight excluding hydrogens is 338 g/mol.